The zero-order valence-electron chi connectivity index (χ0n) is 19.0. The molecule has 1 aromatic heterocycles. The molecule has 1 aliphatic carbocycles. The largest absolute Gasteiger partial charge is 0.416 e. The number of nitrogens with zero attached hydrogens (tertiary/aromatic N) is 1. The lowest BCUT2D eigenvalue weighted by Gasteiger charge is -2.19. The molecule has 0 bridgehead atoms. The number of hydrogen-bond acceptors (Lipinski definition) is 5. The van der Waals surface area contributed by atoms with Crippen molar-refractivity contribution in [1.82, 2.24) is 4.98 Å². The van der Waals surface area contributed by atoms with Crippen LogP contribution in [0.3, 0.4) is 0 Å². The van der Waals surface area contributed by atoms with E-state index in [0.717, 1.165) is 30.0 Å². The van der Waals surface area contributed by atoms with Gasteiger partial charge in [-0.2, -0.15) is 17.6 Å². The van der Waals surface area contributed by atoms with E-state index < -0.39 is 37.5 Å². The van der Waals surface area contributed by atoms with E-state index >= 15 is 0 Å². The third kappa shape index (κ3) is 5.86. The molecule has 0 amide bonds. The Bertz CT molecular complexity index is 1520. The molecule has 12 heteroatoms. The number of anilines is 1. The van der Waals surface area contributed by atoms with Crippen LogP contribution in [0, 0.1) is 5.95 Å². The van der Waals surface area contributed by atoms with E-state index in [1.165, 1.54) is 30.3 Å². The molecule has 1 aliphatic rings. The average molecular weight is 543 g/mol. The molecule has 0 saturated carbocycles. The summed E-state index contributed by atoms with van der Waals surface area (Å²) in [5.41, 5.74) is 1.50. The summed E-state index contributed by atoms with van der Waals surface area (Å²) in [6.07, 6.45) is -2.61. The third-order valence-corrected chi connectivity index (χ3v) is 8.34. The highest BCUT2D eigenvalue weighted by atomic mass is 32.2. The molecule has 0 spiro atoms. The van der Waals surface area contributed by atoms with Crippen LogP contribution < -0.4 is 4.72 Å². The van der Waals surface area contributed by atoms with Crippen molar-refractivity contribution in [2.75, 3.05) is 16.7 Å². The van der Waals surface area contributed by atoms with Crippen LogP contribution >= 0.6 is 0 Å². The number of alkyl halides is 3. The predicted molar refractivity (Wildman–Crippen MR) is 126 cm³/mol. The monoisotopic (exact) mass is 542 g/mol. The lowest BCUT2D eigenvalue weighted by molar-refractivity contribution is -0.137. The number of fused-ring (bicyclic) bond motifs is 1. The number of sulfone groups is 1. The van der Waals surface area contributed by atoms with Gasteiger partial charge < -0.3 is 0 Å². The fourth-order valence-electron chi connectivity index (χ4n) is 4.38. The predicted octanol–water partition coefficient (Wildman–Crippen LogP) is 4.71. The zero-order chi connectivity index (χ0) is 26.3. The van der Waals surface area contributed by atoms with Crippen LogP contribution in [0.1, 0.15) is 40.2 Å². The highest BCUT2D eigenvalue weighted by Gasteiger charge is 2.33. The maximum absolute atomic E-state index is 13.3. The summed E-state index contributed by atoms with van der Waals surface area (Å²) in [6, 6.07) is 11.5. The molecule has 0 aliphatic heterocycles. The average Bonchev–Trinajstić information content (AvgIpc) is 3.19. The normalized spacial score (nSPS) is 16.1. The molecule has 1 N–H and O–H groups in total. The van der Waals surface area contributed by atoms with Gasteiger partial charge in [-0.3, -0.25) is 4.72 Å². The molecule has 36 heavy (non-hydrogen) atoms. The first-order chi connectivity index (χ1) is 16.7. The van der Waals surface area contributed by atoms with E-state index in [4.69, 9.17) is 0 Å². The molecular weight excluding hydrogens is 520 g/mol. The SMILES string of the molecule is CS(=O)(=O)CCc1cc(C(F)(F)F)ccc1C1CCc2cc(S(=O)(=O)Nc3cccc(F)n3)ccc21. The first-order valence-electron chi connectivity index (χ1n) is 10.9. The van der Waals surface area contributed by atoms with Crippen molar-refractivity contribution in [1.29, 1.82) is 0 Å². The van der Waals surface area contributed by atoms with Crippen LogP contribution in [0.15, 0.2) is 59.5 Å². The smallest absolute Gasteiger partial charge is 0.263 e. The number of benzene rings is 2. The van der Waals surface area contributed by atoms with E-state index in [-0.39, 0.29) is 28.8 Å². The Morgan fingerprint density at radius 2 is 1.72 bits per heavy atom. The second kappa shape index (κ2) is 9.47. The molecule has 1 heterocycles. The van der Waals surface area contributed by atoms with E-state index in [1.54, 1.807) is 6.07 Å². The van der Waals surface area contributed by atoms with Gasteiger partial charge in [0.05, 0.1) is 16.2 Å². The molecule has 1 atom stereocenters. The summed E-state index contributed by atoms with van der Waals surface area (Å²) in [4.78, 5) is 3.44. The van der Waals surface area contributed by atoms with Crippen LogP contribution in [0.5, 0.6) is 0 Å². The van der Waals surface area contributed by atoms with Crippen molar-refractivity contribution in [3.05, 3.63) is 88.4 Å². The number of sulfonamides is 1. The Hall–Kier alpha value is -2.99. The van der Waals surface area contributed by atoms with Gasteiger partial charge in [0.2, 0.25) is 5.95 Å². The van der Waals surface area contributed by atoms with Gasteiger partial charge in [-0.25, -0.2) is 21.8 Å². The van der Waals surface area contributed by atoms with Crippen LogP contribution in [-0.2, 0) is 38.9 Å². The van der Waals surface area contributed by atoms with Gasteiger partial charge in [-0.05, 0) is 77.9 Å². The number of nitrogens with one attached hydrogen (secondary N) is 1. The fraction of sp³-hybridized carbons (Fsp3) is 0.292. The molecular formula is C24H22F4N2O4S2. The number of rotatable bonds is 7. The van der Waals surface area contributed by atoms with Gasteiger partial charge in [0, 0.05) is 12.2 Å². The maximum Gasteiger partial charge on any atom is 0.416 e. The Morgan fingerprint density at radius 1 is 1.00 bits per heavy atom. The van der Waals surface area contributed by atoms with E-state index in [0.29, 0.717) is 29.5 Å². The maximum atomic E-state index is 13.3. The highest BCUT2D eigenvalue weighted by Crippen LogP contribution is 2.42. The lowest BCUT2D eigenvalue weighted by atomic mass is 9.87. The van der Waals surface area contributed by atoms with Crippen LogP contribution in [0.4, 0.5) is 23.4 Å². The molecule has 4 rings (SSSR count). The third-order valence-electron chi connectivity index (χ3n) is 6.04. The highest BCUT2D eigenvalue weighted by molar-refractivity contribution is 7.92. The number of hydrogen-bond donors (Lipinski definition) is 1. The van der Waals surface area contributed by atoms with Crippen molar-refractivity contribution in [3.8, 4) is 0 Å². The van der Waals surface area contributed by atoms with Crippen molar-refractivity contribution >= 4 is 25.7 Å². The Kier molecular flexibility index (Phi) is 6.86. The van der Waals surface area contributed by atoms with Gasteiger partial charge in [-0.15, -0.1) is 0 Å². The van der Waals surface area contributed by atoms with Gasteiger partial charge in [0.15, 0.2) is 0 Å². The van der Waals surface area contributed by atoms with Gasteiger partial charge in [0.1, 0.15) is 15.7 Å². The summed E-state index contributed by atoms with van der Waals surface area (Å²) >= 11 is 0. The molecule has 1 unspecified atom stereocenters. The van der Waals surface area contributed by atoms with Crippen molar-refractivity contribution in [2.45, 2.75) is 36.3 Å². The zero-order valence-corrected chi connectivity index (χ0v) is 20.6. The number of aromatic nitrogens is 1. The van der Waals surface area contributed by atoms with E-state index in [2.05, 4.69) is 9.71 Å². The van der Waals surface area contributed by atoms with Gasteiger partial charge >= 0.3 is 6.18 Å². The Labute approximate surface area is 206 Å². The minimum Gasteiger partial charge on any atom is -0.263 e. The van der Waals surface area contributed by atoms with E-state index in [1.807, 2.05) is 0 Å². The quantitative estimate of drug-likeness (QED) is 0.345. The minimum atomic E-state index is -4.57. The number of halogens is 4. The van der Waals surface area contributed by atoms with E-state index in [9.17, 15) is 34.4 Å². The molecule has 192 valence electrons. The summed E-state index contributed by atoms with van der Waals surface area (Å²) in [7, 11) is -7.47. The van der Waals surface area contributed by atoms with Crippen molar-refractivity contribution < 1.29 is 34.4 Å². The molecule has 2 aromatic carbocycles. The number of aryl methyl sites for hydroxylation is 2. The topological polar surface area (TPSA) is 93.2 Å². The molecule has 0 saturated heterocycles. The minimum absolute atomic E-state index is 0.0577. The summed E-state index contributed by atoms with van der Waals surface area (Å²) in [5.74, 6) is -1.62. The van der Waals surface area contributed by atoms with Gasteiger partial charge in [0.25, 0.3) is 10.0 Å². The summed E-state index contributed by atoms with van der Waals surface area (Å²) < 4.78 is 104. The Balaban J connectivity index is 1.67. The standard InChI is InChI=1S/C24H22F4N2O4S2/c1-35(31,32)12-11-16-13-17(24(26,27)28)6-9-19(16)21-8-5-15-14-18(7-10-20(15)21)36(33,34)30-23-4-2-3-22(25)29-23/h2-4,6-7,9-10,13-14,21H,5,8,11-12H2,1H3,(H,29,30). The molecule has 0 fully saturated rings. The fourth-order valence-corrected chi connectivity index (χ4v) is 6.02. The molecule has 0 radical (unpaired) electrons. The Morgan fingerprint density at radius 3 is 2.39 bits per heavy atom. The van der Waals surface area contributed by atoms with Crippen LogP contribution in [0.2, 0.25) is 0 Å². The molecule has 6 nitrogen and oxygen atoms in total. The van der Waals surface area contributed by atoms with Gasteiger partial charge in [-0.1, -0.05) is 18.2 Å². The number of pyridine rings is 1. The first kappa shape index (κ1) is 26.1. The lowest BCUT2D eigenvalue weighted by Crippen LogP contribution is -2.14. The second-order valence-electron chi connectivity index (χ2n) is 8.69. The first-order valence-corrected chi connectivity index (χ1v) is 14.4. The molecule has 3 aromatic rings. The van der Waals surface area contributed by atoms with Crippen LogP contribution in [0.25, 0.3) is 0 Å². The van der Waals surface area contributed by atoms with Crippen molar-refractivity contribution in [3.63, 3.8) is 0 Å². The van der Waals surface area contributed by atoms with Crippen molar-refractivity contribution in [2.24, 2.45) is 0 Å². The van der Waals surface area contributed by atoms with Crippen LogP contribution in [-0.4, -0.2) is 33.8 Å². The second-order valence-corrected chi connectivity index (χ2v) is 12.6. The summed E-state index contributed by atoms with van der Waals surface area (Å²) in [6.45, 7) is 0. The summed E-state index contributed by atoms with van der Waals surface area (Å²) in [5, 5.41) is 0.